The van der Waals surface area contributed by atoms with Crippen LogP contribution in [0.2, 0.25) is 0 Å². The molecule has 2 N–H and O–H groups in total. The van der Waals surface area contributed by atoms with Crippen molar-refractivity contribution in [1.82, 2.24) is 5.32 Å². The van der Waals surface area contributed by atoms with Crippen LogP contribution in [0.1, 0.15) is 16.8 Å². The number of rotatable bonds is 7. The fourth-order valence-electron chi connectivity index (χ4n) is 2.04. The summed E-state index contributed by atoms with van der Waals surface area (Å²) in [6.07, 6.45) is -0.00431. The van der Waals surface area contributed by atoms with Crippen LogP contribution in [0.5, 0.6) is 0 Å². The van der Waals surface area contributed by atoms with Crippen LogP contribution < -0.4 is 10.6 Å². The molecule has 0 bridgehead atoms. The van der Waals surface area contributed by atoms with Crippen LogP contribution in [0.25, 0.3) is 0 Å². The van der Waals surface area contributed by atoms with Crippen LogP contribution >= 0.6 is 0 Å². The minimum absolute atomic E-state index is 0.00431. The van der Waals surface area contributed by atoms with Crippen molar-refractivity contribution in [1.29, 1.82) is 0 Å². The Morgan fingerprint density at radius 1 is 0.962 bits per heavy atom. The lowest BCUT2D eigenvalue weighted by Crippen LogP contribution is -2.27. The Labute approximate surface area is 149 Å². The fraction of sp³-hybridized carbons (Fsp3) is 0.176. The summed E-state index contributed by atoms with van der Waals surface area (Å²) in [6, 6.07) is 12.9. The maximum Gasteiger partial charge on any atom is 0.341 e. The Morgan fingerprint density at radius 3 is 2.15 bits per heavy atom. The molecular weight excluding hydrogens is 366 g/mol. The summed E-state index contributed by atoms with van der Waals surface area (Å²) < 4.78 is 47.5. The number of carbonyl (C=O) groups is 2. The molecule has 0 spiro atoms. The zero-order valence-electron chi connectivity index (χ0n) is 13.5. The van der Waals surface area contributed by atoms with Gasteiger partial charge in [-0.3, -0.25) is 9.59 Å². The summed E-state index contributed by atoms with van der Waals surface area (Å²) in [7, 11) is -4.67. The van der Waals surface area contributed by atoms with Crippen LogP contribution in [0, 0.1) is 0 Å². The van der Waals surface area contributed by atoms with Gasteiger partial charge < -0.3 is 10.6 Å². The van der Waals surface area contributed by atoms with Crippen molar-refractivity contribution in [3.8, 4) is 0 Å². The summed E-state index contributed by atoms with van der Waals surface area (Å²) in [5.41, 5.74) is 0.737. The van der Waals surface area contributed by atoms with Gasteiger partial charge in [0.2, 0.25) is 15.7 Å². The molecule has 26 heavy (non-hydrogen) atoms. The topological polar surface area (TPSA) is 92.3 Å². The Hall–Kier alpha value is -2.81. The van der Waals surface area contributed by atoms with E-state index in [9.17, 15) is 26.8 Å². The van der Waals surface area contributed by atoms with Crippen molar-refractivity contribution < 1.29 is 26.8 Å². The fourth-order valence-corrected chi connectivity index (χ4v) is 2.76. The van der Waals surface area contributed by atoms with E-state index >= 15 is 0 Å². The predicted octanol–water partition coefficient (Wildman–Crippen LogP) is 2.44. The van der Waals surface area contributed by atoms with Crippen molar-refractivity contribution in [2.24, 2.45) is 0 Å². The number of nitrogens with one attached hydrogen (secondary N) is 2. The van der Waals surface area contributed by atoms with E-state index in [1.807, 2.05) is 0 Å². The standard InChI is InChI=1S/C17H16F2N2O4S/c18-17(19)26(24,25)14-8-6-13(7-9-14)21-15(22)10-11-20-16(23)12-4-2-1-3-5-12/h1-9,17H,10-11H2,(H,20,23)(H,21,22). The monoisotopic (exact) mass is 382 g/mol. The van der Waals surface area contributed by atoms with Crippen LogP contribution in [-0.2, 0) is 14.6 Å². The van der Waals surface area contributed by atoms with E-state index < -0.39 is 26.4 Å². The van der Waals surface area contributed by atoms with Crippen LogP contribution in [0.3, 0.4) is 0 Å². The largest absolute Gasteiger partial charge is 0.352 e. The number of anilines is 1. The third kappa shape index (κ3) is 5.09. The van der Waals surface area contributed by atoms with Gasteiger partial charge in [-0.05, 0) is 36.4 Å². The first-order valence-corrected chi connectivity index (χ1v) is 9.10. The maximum atomic E-state index is 12.4. The number of sulfone groups is 1. The highest BCUT2D eigenvalue weighted by Gasteiger charge is 2.26. The van der Waals surface area contributed by atoms with E-state index in [1.165, 1.54) is 12.1 Å². The number of amides is 2. The van der Waals surface area contributed by atoms with E-state index in [2.05, 4.69) is 10.6 Å². The molecule has 0 unspecified atom stereocenters. The van der Waals surface area contributed by atoms with Crippen molar-refractivity contribution >= 4 is 27.3 Å². The highest BCUT2D eigenvalue weighted by molar-refractivity contribution is 7.91. The Morgan fingerprint density at radius 2 is 1.58 bits per heavy atom. The zero-order chi connectivity index (χ0) is 19.2. The zero-order valence-corrected chi connectivity index (χ0v) is 14.3. The van der Waals surface area contributed by atoms with E-state index in [4.69, 9.17) is 0 Å². The van der Waals surface area contributed by atoms with Crippen LogP contribution in [0.4, 0.5) is 14.5 Å². The van der Waals surface area contributed by atoms with E-state index in [-0.39, 0.29) is 24.6 Å². The van der Waals surface area contributed by atoms with Gasteiger partial charge in [-0.1, -0.05) is 18.2 Å². The van der Waals surface area contributed by atoms with Gasteiger partial charge in [0.05, 0.1) is 4.90 Å². The minimum atomic E-state index is -4.67. The number of halogens is 2. The first kappa shape index (κ1) is 19.5. The van der Waals surface area contributed by atoms with Gasteiger partial charge in [-0.25, -0.2) is 8.42 Å². The van der Waals surface area contributed by atoms with E-state index in [1.54, 1.807) is 30.3 Å². The lowest BCUT2D eigenvalue weighted by Gasteiger charge is -2.08. The van der Waals surface area contributed by atoms with Gasteiger partial charge in [0.25, 0.3) is 5.91 Å². The highest BCUT2D eigenvalue weighted by atomic mass is 32.2. The Kier molecular flexibility index (Phi) is 6.40. The molecule has 138 valence electrons. The summed E-state index contributed by atoms with van der Waals surface area (Å²) in [6.45, 7) is 0.109. The number of hydrogen-bond acceptors (Lipinski definition) is 4. The predicted molar refractivity (Wildman–Crippen MR) is 91.7 cm³/mol. The third-order valence-electron chi connectivity index (χ3n) is 3.37. The molecule has 0 fully saturated rings. The molecule has 2 rings (SSSR count). The summed E-state index contributed by atoms with van der Waals surface area (Å²) in [5.74, 6) is -4.22. The van der Waals surface area contributed by atoms with E-state index in [0.29, 0.717) is 5.56 Å². The van der Waals surface area contributed by atoms with Crippen molar-refractivity contribution in [3.05, 3.63) is 60.2 Å². The van der Waals surface area contributed by atoms with Crippen LogP contribution in [0.15, 0.2) is 59.5 Å². The van der Waals surface area contributed by atoms with Gasteiger partial charge >= 0.3 is 5.76 Å². The van der Waals surface area contributed by atoms with E-state index in [0.717, 1.165) is 12.1 Å². The molecule has 0 heterocycles. The second kappa shape index (κ2) is 8.52. The van der Waals surface area contributed by atoms with Crippen molar-refractivity contribution in [2.45, 2.75) is 17.1 Å². The first-order valence-electron chi connectivity index (χ1n) is 7.56. The molecule has 2 amide bonds. The third-order valence-corrected chi connectivity index (χ3v) is 4.77. The van der Waals surface area contributed by atoms with Gasteiger partial charge in [-0.2, -0.15) is 8.78 Å². The summed E-state index contributed by atoms with van der Waals surface area (Å²) >= 11 is 0. The first-order chi connectivity index (χ1) is 12.3. The Bertz CT molecular complexity index is 869. The Balaban J connectivity index is 1.84. The smallest absolute Gasteiger partial charge is 0.341 e. The number of alkyl halides is 2. The number of carbonyl (C=O) groups excluding carboxylic acids is 2. The molecule has 0 aliphatic heterocycles. The molecule has 2 aromatic carbocycles. The number of benzene rings is 2. The van der Waals surface area contributed by atoms with Gasteiger partial charge in [0, 0.05) is 24.2 Å². The lowest BCUT2D eigenvalue weighted by molar-refractivity contribution is -0.116. The quantitative estimate of drug-likeness (QED) is 0.769. The normalized spacial score (nSPS) is 11.2. The van der Waals surface area contributed by atoms with Gasteiger partial charge in [-0.15, -0.1) is 0 Å². The van der Waals surface area contributed by atoms with Gasteiger partial charge in [0.15, 0.2) is 0 Å². The van der Waals surface area contributed by atoms with Crippen LogP contribution in [-0.4, -0.2) is 32.5 Å². The lowest BCUT2D eigenvalue weighted by atomic mass is 10.2. The molecule has 6 nitrogen and oxygen atoms in total. The van der Waals surface area contributed by atoms with Gasteiger partial charge in [0.1, 0.15) is 0 Å². The SMILES string of the molecule is O=C(CCNC(=O)c1ccccc1)Nc1ccc(S(=O)(=O)C(F)F)cc1. The molecule has 2 aromatic rings. The molecule has 0 saturated heterocycles. The average molecular weight is 382 g/mol. The van der Waals surface area contributed by atoms with Crippen molar-refractivity contribution in [3.63, 3.8) is 0 Å². The molecular formula is C17H16F2N2O4S. The minimum Gasteiger partial charge on any atom is -0.352 e. The highest BCUT2D eigenvalue weighted by Crippen LogP contribution is 2.20. The molecule has 0 aromatic heterocycles. The molecule has 0 atom stereocenters. The molecule has 0 saturated carbocycles. The second-order valence-electron chi connectivity index (χ2n) is 5.25. The maximum absolute atomic E-state index is 12.4. The molecule has 9 heteroatoms. The molecule has 0 radical (unpaired) electrons. The molecule has 0 aliphatic carbocycles. The summed E-state index contributed by atoms with van der Waals surface area (Å²) in [4.78, 5) is 23.1. The second-order valence-corrected chi connectivity index (χ2v) is 7.17. The average Bonchev–Trinajstić information content (AvgIpc) is 2.62. The number of hydrogen-bond donors (Lipinski definition) is 2. The summed E-state index contributed by atoms with van der Waals surface area (Å²) in [5, 5.41) is 5.09. The van der Waals surface area contributed by atoms with Crippen molar-refractivity contribution in [2.75, 3.05) is 11.9 Å². The molecule has 0 aliphatic rings.